The van der Waals surface area contributed by atoms with Crippen molar-refractivity contribution in [3.05, 3.63) is 28.8 Å². The maximum absolute atomic E-state index is 12.4. The van der Waals surface area contributed by atoms with Gasteiger partial charge in [0, 0.05) is 12.5 Å². The summed E-state index contributed by atoms with van der Waals surface area (Å²) in [4.78, 5) is 33.0. The molecule has 1 aromatic carbocycles. The molecule has 2 aromatic rings. The molecule has 0 unspecified atom stereocenters. The first-order valence-corrected chi connectivity index (χ1v) is 11.5. The molecule has 3 heterocycles. The smallest absolute Gasteiger partial charge is 0.312 e. The normalized spacial score (nSPS) is 24.1. The second-order valence-electron chi connectivity index (χ2n) is 8.51. The van der Waals surface area contributed by atoms with Crippen LogP contribution in [-0.4, -0.2) is 52.8 Å². The average Bonchev–Trinajstić information content (AvgIpc) is 3.16. The summed E-state index contributed by atoms with van der Waals surface area (Å²) in [5, 5.41) is 1.23. The van der Waals surface area contributed by atoms with Gasteiger partial charge in [0.15, 0.2) is 0 Å². The van der Waals surface area contributed by atoms with E-state index in [1.54, 1.807) is 16.2 Å². The van der Waals surface area contributed by atoms with Gasteiger partial charge in [0.05, 0.1) is 21.3 Å². The second-order valence-corrected chi connectivity index (χ2v) is 9.57. The van der Waals surface area contributed by atoms with Gasteiger partial charge in [-0.1, -0.05) is 19.9 Å². The number of benzene rings is 1. The van der Waals surface area contributed by atoms with Gasteiger partial charge < -0.3 is 15.5 Å². The highest BCUT2D eigenvalue weighted by Crippen LogP contribution is 2.37. The maximum Gasteiger partial charge on any atom is 0.312 e. The van der Waals surface area contributed by atoms with Crippen LogP contribution in [0, 0.1) is 5.92 Å². The van der Waals surface area contributed by atoms with Crippen molar-refractivity contribution in [3.8, 4) is 0 Å². The van der Waals surface area contributed by atoms with Gasteiger partial charge in [-0.15, -0.1) is 11.3 Å². The Kier molecular flexibility index (Phi) is 5.88. The minimum absolute atomic E-state index is 0.103. The number of carbonyl (C=O) groups excluding carboxylic acids is 2. The molecule has 1 aromatic heterocycles. The van der Waals surface area contributed by atoms with Gasteiger partial charge >= 0.3 is 11.8 Å². The van der Waals surface area contributed by atoms with E-state index >= 15 is 0 Å². The molecule has 0 spiro atoms. The van der Waals surface area contributed by atoms with Crippen LogP contribution < -0.4 is 5.73 Å². The minimum atomic E-state index is -0.875. The quantitative estimate of drug-likeness (QED) is 0.782. The van der Waals surface area contributed by atoms with E-state index < -0.39 is 11.8 Å². The van der Waals surface area contributed by atoms with Gasteiger partial charge in [-0.3, -0.25) is 9.59 Å². The lowest BCUT2D eigenvalue weighted by atomic mass is 9.89. The molecule has 4 rings (SSSR count). The van der Waals surface area contributed by atoms with E-state index in [1.165, 1.54) is 22.5 Å². The zero-order valence-corrected chi connectivity index (χ0v) is 18.1. The predicted molar refractivity (Wildman–Crippen MR) is 116 cm³/mol. The Morgan fingerprint density at radius 3 is 2.66 bits per heavy atom. The largest absolute Gasteiger partial charge is 0.361 e. The van der Waals surface area contributed by atoms with Crippen LogP contribution in [-0.2, 0) is 9.59 Å². The molecule has 2 saturated heterocycles. The Morgan fingerprint density at radius 2 is 1.97 bits per heavy atom. The van der Waals surface area contributed by atoms with Crippen molar-refractivity contribution in [1.82, 2.24) is 14.8 Å². The number of thiazole rings is 1. The highest BCUT2D eigenvalue weighted by Gasteiger charge is 2.33. The molecule has 2 atom stereocenters. The summed E-state index contributed by atoms with van der Waals surface area (Å²) in [7, 11) is 0. The first-order valence-electron chi connectivity index (χ1n) is 10.7. The summed E-state index contributed by atoms with van der Waals surface area (Å²) in [6.45, 7) is 8.31. The molecule has 6 nitrogen and oxygen atoms in total. The van der Waals surface area contributed by atoms with Crippen molar-refractivity contribution >= 4 is 33.4 Å². The average molecular weight is 415 g/mol. The summed E-state index contributed by atoms with van der Waals surface area (Å²) in [6.07, 6.45) is 4.21. The molecular weight excluding hydrogens is 384 g/mol. The lowest BCUT2D eigenvalue weighted by molar-refractivity contribution is -0.147. The van der Waals surface area contributed by atoms with Gasteiger partial charge in [-0.05, 0) is 68.9 Å². The van der Waals surface area contributed by atoms with Crippen molar-refractivity contribution in [2.75, 3.05) is 26.2 Å². The van der Waals surface area contributed by atoms with Crippen molar-refractivity contribution in [3.63, 3.8) is 0 Å². The predicted octanol–water partition coefficient (Wildman–Crippen LogP) is 3.28. The number of carbonyl (C=O) groups is 2. The topological polar surface area (TPSA) is 79.5 Å². The van der Waals surface area contributed by atoms with Crippen molar-refractivity contribution in [1.29, 1.82) is 0 Å². The molecule has 2 N–H and O–H groups in total. The monoisotopic (exact) mass is 414 g/mol. The van der Waals surface area contributed by atoms with Crippen molar-refractivity contribution in [2.24, 2.45) is 11.7 Å². The Hall–Kier alpha value is -1.99. The van der Waals surface area contributed by atoms with Crippen LogP contribution in [0.4, 0.5) is 0 Å². The maximum atomic E-state index is 12.4. The molecule has 2 amide bonds. The molecule has 7 heteroatoms. The molecule has 0 aliphatic carbocycles. The van der Waals surface area contributed by atoms with Gasteiger partial charge in [-0.2, -0.15) is 0 Å². The van der Waals surface area contributed by atoms with Gasteiger partial charge in [-0.25, -0.2) is 4.98 Å². The van der Waals surface area contributed by atoms with Gasteiger partial charge in [0.2, 0.25) is 0 Å². The molecule has 2 aliphatic rings. The highest BCUT2D eigenvalue weighted by atomic mass is 32.1. The summed E-state index contributed by atoms with van der Waals surface area (Å²) < 4.78 is 1.19. The first-order chi connectivity index (χ1) is 14.0. The van der Waals surface area contributed by atoms with E-state index in [0.717, 1.165) is 43.6 Å². The van der Waals surface area contributed by atoms with Crippen LogP contribution in [0.5, 0.6) is 0 Å². The molecule has 0 bridgehead atoms. The van der Waals surface area contributed by atoms with Crippen LogP contribution in [0.25, 0.3) is 10.2 Å². The second kappa shape index (κ2) is 8.40. The fourth-order valence-corrected chi connectivity index (χ4v) is 5.82. The number of rotatable bonds is 3. The number of aromatic nitrogens is 1. The number of amides is 2. The van der Waals surface area contributed by atoms with Crippen molar-refractivity contribution in [2.45, 2.75) is 51.5 Å². The third-order valence-electron chi connectivity index (χ3n) is 6.49. The molecular formula is C22H30N4O2S. The summed E-state index contributed by atoms with van der Waals surface area (Å²) in [5.74, 6) is -0.539. The zero-order chi connectivity index (χ0) is 20.5. The number of hydrogen-bond donors (Lipinski definition) is 1. The minimum Gasteiger partial charge on any atom is -0.361 e. The van der Waals surface area contributed by atoms with Crippen LogP contribution in [0.2, 0.25) is 0 Å². The summed E-state index contributed by atoms with van der Waals surface area (Å²) in [6, 6.07) is 6.22. The Morgan fingerprint density at radius 1 is 1.21 bits per heavy atom. The van der Waals surface area contributed by atoms with Gasteiger partial charge in [0.25, 0.3) is 0 Å². The van der Waals surface area contributed by atoms with Crippen LogP contribution >= 0.6 is 11.3 Å². The Balaban J connectivity index is 1.58. The van der Waals surface area contributed by atoms with Crippen LogP contribution in [0.1, 0.15) is 62.1 Å². The standard InChI is InChI=1S/C22H30N4O2S/c1-3-25-10-8-15(9-11-25)21-24-17-12-16(5-7-19(17)29-21)18-6-4-14(2)13-26(18)22(28)20(23)27/h5,7,12,14-15,18H,3-4,6,8-11,13H2,1-2H3,(H2,23,27)/t14-,18+/m0/s1. The molecule has 2 fully saturated rings. The van der Waals surface area contributed by atoms with Crippen LogP contribution in [0.15, 0.2) is 18.2 Å². The fourth-order valence-electron chi connectivity index (χ4n) is 4.71. The lowest BCUT2D eigenvalue weighted by Crippen LogP contribution is -2.46. The number of piperidine rings is 2. The number of nitrogens with zero attached hydrogens (tertiary/aromatic N) is 3. The molecule has 156 valence electrons. The molecule has 29 heavy (non-hydrogen) atoms. The zero-order valence-electron chi connectivity index (χ0n) is 17.3. The van der Waals surface area contributed by atoms with E-state index in [2.05, 4.69) is 36.9 Å². The first kappa shape index (κ1) is 20.3. The molecule has 2 aliphatic heterocycles. The molecule has 0 radical (unpaired) electrons. The van der Waals surface area contributed by atoms with E-state index in [1.807, 2.05) is 0 Å². The number of hydrogen-bond acceptors (Lipinski definition) is 5. The summed E-state index contributed by atoms with van der Waals surface area (Å²) in [5.41, 5.74) is 7.36. The number of primary amides is 1. The number of likely N-dealkylation sites (tertiary alicyclic amines) is 2. The molecule has 0 saturated carbocycles. The highest BCUT2D eigenvalue weighted by molar-refractivity contribution is 7.18. The summed E-state index contributed by atoms with van der Waals surface area (Å²) >= 11 is 1.80. The number of nitrogens with two attached hydrogens (primary N) is 1. The number of fused-ring (bicyclic) bond motifs is 1. The fraction of sp³-hybridized carbons (Fsp3) is 0.591. The third-order valence-corrected chi connectivity index (χ3v) is 7.69. The SMILES string of the molecule is CCN1CCC(c2nc3cc([C@H]4CC[C@H](C)CN4C(=O)C(N)=O)ccc3s2)CC1. The van der Waals surface area contributed by atoms with E-state index in [-0.39, 0.29) is 6.04 Å². The van der Waals surface area contributed by atoms with E-state index in [4.69, 9.17) is 10.7 Å². The van der Waals surface area contributed by atoms with E-state index in [0.29, 0.717) is 18.4 Å². The van der Waals surface area contributed by atoms with Crippen molar-refractivity contribution < 1.29 is 9.59 Å². The Bertz CT molecular complexity index is 903. The Labute approximate surface area is 176 Å². The van der Waals surface area contributed by atoms with E-state index in [9.17, 15) is 9.59 Å². The lowest BCUT2D eigenvalue weighted by Gasteiger charge is -2.38. The van der Waals surface area contributed by atoms with Gasteiger partial charge in [0.1, 0.15) is 0 Å². The van der Waals surface area contributed by atoms with Crippen LogP contribution in [0.3, 0.4) is 0 Å². The third kappa shape index (κ3) is 4.16.